The van der Waals surface area contributed by atoms with Crippen LogP contribution >= 0.6 is 11.8 Å². The van der Waals surface area contributed by atoms with Crippen LogP contribution < -0.4 is 0 Å². The number of hydrogen-bond acceptors (Lipinski definition) is 2. The summed E-state index contributed by atoms with van der Waals surface area (Å²) in [5, 5.41) is 0.494. The maximum atomic E-state index is 12.1. The molecule has 0 radical (unpaired) electrons. The third-order valence-electron chi connectivity index (χ3n) is 3.74. The van der Waals surface area contributed by atoms with E-state index < -0.39 is 0 Å². The highest BCUT2D eigenvalue weighted by molar-refractivity contribution is 8.00. The predicted molar refractivity (Wildman–Crippen MR) is 88.3 cm³/mol. The first-order valence-electron chi connectivity index (χ1n) is 7.28. The van der Waals surface area contributed by atoms with Crippen molar-refractivity contribution in [1.82, 2.24) is 4.90 Å². The van der Waals surface area contributed by atoms with Crippen molar-refractivity contribution in [3.8, 4) is 0 Å². The number of thioether (sulfide) groups is 1. The fourth-order valence-electron chi connectivity index (χ4n) is 2.64. The molecule has 1 aliphatic rings. The van der Waals surface area contributed by atoms with E-state index in [2.05, 4.69) is 36.4 Å². The third-order valence-corrected chi connectivity index (χ3v) is 4.94. The van der Waals surface area contributed by atoms with Crippen molar-refractivity contribution in [2.75, 3.05) is 12.3 Å². The summed E-state index contributed by atoms with van der Waals surface area (Å²) in [6, 6.07) is 20.8. The zero-order chi connectivity index (χ0) is 14.5. The average Bonchev–Trinajstić information content (AvgIpc) is 2.53. The smallest absolute Gasteiger partial charge is 0.232 e. The van der Waals surface area contributed by atoms with E-state index in [4.69, 9.17) is 0 Å². The first-order valence-corrected chi connectivity index (χ1v) is 8.33. The minimum atomic E-state index is 0.258. The van der Waals surface area contributed by atoms with Crippen LogP contribution in [0.3, 0.4) is 0 Å². The molecule has 2 aromatic rings. The molecule has 2 nitrogen and oxygen atoms in total. The van der Waals surface area contributed by atoms with Crippen LogP contribution in [0.5, 0.6) is 0 Å². The number of rotatable bonds is 4. The highest BCUT2D eigenvalue weighted by Crippen LogP contribution is 2.24. The second-order valence-corrected chi connectivity index (χ2v) is 6.67. The second-order valence-electron chi connectivity index (χ2n) is 5.38. The molecule has 0 unspecified atom stereocenters. The number of nitrogens with zero attached hydrogens (tertiary/aromatic N) is 1. The van der Waals surface area contributed by atoms with Crippen molar-refractivity contribution in [2.24, 2.45) is 0 Å². The van der Waals surface area contributed by atoms with E-state index in [1.54, 1.807) is 11.8 Å². The second kappa shape index (κ2) is 6.81. The van der Waals surface area contributed by atoms with E-state index in [-0.39, 0.29) is 5.91 Å². The molecule has 0 saturated carbocycles. The van der Waals surface area contributed by atoms with Gasteiger partial charge in [-0.05, 0) is 17.5 Å². The van der Waals surface area contributed by atoms with Crippen molar-refractivity contribution in [3.05, 3.63) is 71.8 Å². The summed E-state index contributed by atoms with van der Waals surface area (Å²) in [5.74, 6) is 0.859. The molecule has 0 aromatic heterocycles. The minimum Gasteiger partial charge on any atom is -0.337 e. The van der Waals surface area contributed by atoms with Gasteiger partial charge in [0.15, 0.2) is 0 Å². The summed E-state index contributed by atoms with van der Waals surface area (Å²) >= 11 is 1.79. The molecular weight excluding hydrogens is 278 g/mol. The summed E-state index contributed by atoms with van der Waals surface area (Å²) in [4.78, 5) is 14.1. The van der Waals surface area contributed by atoms with Gasteiger partial charge in [-0.15, -0.1) is 11.8 Å². The molecule has 0 aliphatic carbocycles. The Morgan fingerprint density at radius 3 is 2.24 bits per heavy atom. The molecule has 1 atom stereocenters. The Morgan fingerprint density at radius 2 is 1.57 bits per heavy atom. The maximum Gasteiger partial charge on any atom is 0.232 e. The minimum absolute atomic E-state index is 0.258. The van der Waals surface area contributed by atoms with Gasteiger partial charge in [0.2, 0.25) is 5.91 Å². The third kappa shape index (κ3) is 3.88. The summed E-state index contributed by atoms with van der Waals surface area (Å²) < 4.78 is 0. The average molecular weight is 297 g/mol. The number of carbonyl (C=O) groups excluding carboxylic acids is 1. The molecule has 0 bridgehead atoms. The molecule has 1 amide bonds. The maximum absolute atomic E-state index is 12.1. The van der Waals surface area contributed by atoms with Crippen molar-refractivity contribution in [2.45, 2.75) is 18.2 Å². The predicted octanol–water partition coefficient (Wildman–Crippen LogP) is 3.37. The lowest BCUT2D eigenvalue weighted by Crippen LogP contribution is -2.42. The molecule has 1 fully saturated rings. The van der Waals surface area contributed by atoms with Gasteiger partial charge in [0, 0.05) is 18.3 Å². The zero-order valence-electron chi connectivity index (χ0n) is 11.9. The summed E-state index contributed by atoms with van der Waals surface area (Å²) in [7, 11) is 0. The van der Waals surface area contributed by atoms with Crippen molar-refractivity contribution >= 4 is 17.7 Å². The Balaban J connectivity index is 1.63. The van der Waals surface area contributed by atoms with Crippen LogP contribution in [0.4, 0.5) is 0 Å². The zero-order valence-corrected chi connectivity index (χ0v) is 12.8. The Kier molecular flexibility index (Phi) is 4.61. The molecule has 0 spiro atoms. The van der Waals surface area contributed by atoms with Crippen LogP contribution in [0.1, 0.15) is 11.1 Å². The Morgan fingerprint density at radius 1 is 0.952 bits per heavy atom. The molecule has 1 aliphatic heterocycles. The highest BCUT2D eigenvalue weighted by atomic mass is 32.2. The van der Waals surface area contributed by atoms with Gasteiger partial charge in [-0.2, -0.15) is 0 Å². The molecule has 108 valence electrons. The van der Waals surface area contributed by atoms with Crippen molar-refractivity contribution < 1.29 is 4.79 Å². The van der Waals surface area contributed by atoms with Crippen LogP contribution in [0.15, 0.2) is 60.7 Å². The first-order chi connectivity index (χ1) is 10.3. The van der Waals surface area contributed by atoms with E-state index in [1.807, 2.05) is 29.2 Å². The summed E-state index contributed by atoms with van der Waals surface area (Å²) in [6.07, 6.45) is 1.03. The van der Waals surface area contributed by atoms with E-state index in [9.17, 15) is 4.79 Å². The molecule has 1 saturated heterocycles. The molecule has 0 N–H and O–H groups in total. The van der Waals surface area contributed by atoms with Gasteiger partial charge in [-0.1, -0.05) is 60.7 Å². The Labute approximate surface area is 130 Å². The quantitative estimate of drug-likeness (QED) is 0.862. The standard InChI is InChI=1S/C18H19NOS/c20-18-14-21-17(11-15-7-3-1-4-8-15)13-19(18)12-16-9-5-2-6-10-16/h1-10,17H,11-14H2/t17-/m1/s1. The molecule has 1 heterocycles. The number of benzene rings is 2. The summed E-state index contributed by atoms with van der Waals surface area (Å²) in [6.45, 7) is 1.57. The largest absolute Gasteiger partial charge is 0.337 e. The first kappa shape index (κ1) is 14.2. The topological polar surface area (TPSA) is 20.3 Å². The molecule has 21 heavy (non-hydrogen) atoms. The fraction of sp³-hybridized carbons (Fsp3) is 0.278. The highest BCUT2D eigenvalue weighted by Gasteiger charge is 2.26. The fourth-order valence-corrected chi connectivity index (χ4v) is 3.79. The van der Waals surface area contributed by atoms with Gasteiger partial charge in [0.05, 0.1) is 5.75 Å². The van der Waals surface area contributed by atoms with E-state index in [0.717, 1.165) is 19.5 Å². The van der Waals surface area contributed by atoms with Gasteiger partial charge in [0.25, 0.3) is 0 Å². The monoisotopic (exact) mass is 297 g/mol. The van der Waals surface area contributed by atoms with Crippen LogP contribution in [0, 0.1) is 0 Å². The lowest BCUT2D eigenvalue weighted by Gasteiger charge is -2.32. The number of amides is 1. The van der Waals surface area contributed by atoms with E-state index in [0.29, 0.717) is 11.0 Å². The van der Waals surface area contributed by atoms with E-state index >= 15 is 0 Å². The normalized spacial score (nSPS) is 18.8. The Hall–Kier alpha value is -1.74. The van der Waals surface area contributed by atoms with Gasteiger partial charge < -0.3 is 4.90 Å². The van der Waals surface area contributed by atoms with E-state index in [1.165, 1.54) is 11.1 Å². The lowest BCUT2D eigenvalue weighted by atomic mass is 10.1. The van der Waals surface area contributed by atoms with Crippen LogP contribution in [-0.2, 0) is 17.8 Å². The van der Waals surface area contributed by atoms with Crippen molar-refractivity contribution in [1.29, 1.82) is 0 Å². The molecular formula is C18H19NOS. The van der Waals surface area contributed by atoms with Gasteiger partial charge >= 0.3 is 0 Å². The van der Waals surface area contributed by atoms with Crippen LogP contribution in [-0.4, -0.2) is 28.4 Å². The van der Waals surface area contributed by atoms with Gasteiger partial charge in [0.1, 0.15) is 0 Å². The molecule has 3 rings (SSSR count). The number of hydrogen-bond donors (Lipinski definition) is 0. The van der Waals surface area contributed by atoms with Gasteiger partial charge in [-0.3, -0.25) is 4.79 Å². The SMILES string of the molecule is O=C1CS[C@H](Cc2ccccc2)CN1Cc1ccccc1. The van der Waals surface area contributed by atoms with Crippen molar-refractivity contribution in [3.63, 3.8) is 0 Å². The number of carbonyl (C=O) groups is 1. The molecule has 2 aromatic carbocycles. The summed E-state index contributed by atoms with van der Waals surface area (Å²) in [5.41, 5.74) is 2.56. The lowest BCUT2D eigenvalue weighted by molar-refractivity contribution is -0.129. The molecule has 3 heteroatoms. The van der Waals surface area contributed by atoms with Crippen LogP contribution in [0.25, 0.3) is 0 Å². The Bertz CT molecular complexity index is 585. The van der Waals surface area contributed by atoms with Gasteiger partial charge in [-0.25, -0.2) is 0 Å². The van der Waals surface area contributed by atoms with Crippen LogP contribution in [0.2, 0.25) is 0 Å².